The van der Waals surface area contributed by atoms with Crippen LogP contribution in [0.1, 0.15) is 18.1 Å². The highest BCUT2D eigenvalue weighted by atomic mass is 35.5. The van der Waals surface area contributed by atoms with E-state index in [0.29, 0.717) is 11.0 Å². The van der Waals surface area contributed by atoms with Crippen LogP contribution in [0.15, 0.2) is 64.8 Å². The van der Waals surface area contributed by atoms with Gasteiger partial charge in [-0.05, 0) is 30.2 Å². The van der Waals surface area contributed by atoms with Gasteiger partial charge in [-0.15, -0.1) is 16.7 Å². The molecule has 4 nitrogen and oxygen atoms in total. The van der Waals surface area contributed by atoms with Gasteiger partial charge < -0.3 is 10.6 Å². The quantitative estimate of drug-likeness (QED) is 0.324. The molecule has 0 saturated heterocycles. The third-order valence-electron chi connectivity index (χ3n) is 3.59. The number of anilines is 1. The van der Waals surface area contributed by atoms with Crippen LogP contribution in [0.3, 0.4) is 0 Å². The number of nitrogens with zero attached hydrogens (tertiary/aromatic N) is 3. The summed E-state index contributed by atoms with van der Waals surface area (Å²) in [5, 5.41) is 8.56. The zero-order valence-corrected chi connectivity index (χ0v) is 15.9. The van der Waals surface area contributed by atoms with Crippen LogP contribution in [-0.4, -0.2) is 30.4 Å². The van der Waals surface area contributed by atoms with E-state index in [1.54, 1.807) is 6.21 Å². The first-order valence-electron chi connectivity index (χ1n) is 8.17. The second-order valence-electron chi connectivity index (χ2n) is 5.32. The molecule has 2 N–H and O–H groups in total. The summed E-state index contributed by atoms with van der Waals surface area (Å²) in [4.78, 5) is 2.23. The van der Waals surface area contributed by atoms with Gasteiger partial charge in [0.2, 0.25) is 0 Å². The summed E-state index contributed by atoms with van der Waals surface area (Å²) in [6.45, 7) is 3.89. The van der Waals surface area contributed by atoms with Gasteiger partial charge in [0.05, 0.1) is 6.21 Å². The van der Waals surface area contributed by atoms with Crippen molar-refractivity contribution >= 4 is 40.4 Å². The number of hydrogen-bond donors (Lipinski definition) is 1. The smallest absolute Gasteiger partial charge is 0.180 e. The van der Waals surface area contributed by atoms with E-state index in [0.717, 1.165) is 30.1 Å². The molecule has 25 heavy (non-hydrogen) atoms. The van der Waals surface area contributed by atoms with Crippen molar-refractivity contribution in [3.05, 3.63) is 65.7 Å². The number of hydrogen-bond acceptors (Lipinski definition) is 4. The maximum absolute atomic E-state index is 5.88. The SMILES string of the molecule is CCN(CCCl)c1ccc(C=NN=C(N)SCc2ccccc2)cc1. The molecule has 0 aliphatic rings. The molecule has 2 aromatic carbocycles. The molecule has 6 heteroatoms. The molecule has 0 amide bonds. The second-order valence-corrected chi connectivity index (χ2v) is 6.69. The lowest BCUT2D eigenvalue weighted by Crippen LogP contribution is -2.24. The first-order chi connectivity index (χ1) is 12.2. The average molecular weight is 375 g/mol. The molecule has 0 aromatic heterocycles. The summed E-state index contributed by atoms with van der Waals surface area (Å²) < 4.78 is 0. The molecule has 132 valence electrons. The summed E-state index contributed by atoms with van der Waals surface area (Å²) >= 11 is 7.30. The lowest BCUT2D eigenvalue weighted by molar-refractivity contribution is 0.870. The molecule has 0 saturated carbocycles. The number of halogens is 1. The largest absolute Gasteiger partial charge is 0.377 e. The molecule has 2 rings (SSSR count). The fourth-order valence-corrected chi connectivity index (χ4v) is 3.07. The van der Waals surface area contributed by atoms with E-state index in [9.17, 15) is 0 Å². The zero-order chi connectivity index (χ0) is 17.9. The number of thioether (sulfide) groups is 1. The highest BCUT2D eigenvalue weighted by Gasteiger charge is 2.02. The van der Waals surface area contributed by atoms with Gasteiger partial charge in [-0.3, -0.25) is 0 Å². The Labute approximate surface area is 158 Å². The molecule has 0 heterocycles. The Kier molecular flexibility index (Phi) is 8.35. The zero-order valence-electron chi connectivity index (χ0n) is 14.3. The van der Waals surface area contributed by atoms with Gasteiger partial charge in [0.15, 0.2) is 5.17 Å². The van der Waals surface area contributed by atoms with Gasteiger partial charge in [-0.2, -0.15) is 5.10 Å². The molecule has 0 unspecified atom stereocenters. The normalized spacial score (nSPS) is 11.8. The fraction of sp³-hybridized carbons (Fsp3) is 0.263. The average Bonchev–Trinajstić information content (AvgIpc) is 2.66. The number of amidine groups is 1. The predicted molar refractivity (Wildman–Crippen MR) is 112 cm³/mol. The van der Waals surface area contributed by atoms with Gasteiger partial charge >= 0.3 is 0 Å². The van der Waals surface area contributed by atoms with Gasteiger partial charge in [0, 0.05) is 30.4 Å². The predicted octanol–water partition coefficient (Wildman–Crippen LogP) is 4.33. The minimum atomic E-state index is 0.455. The van der Waals surface area contributed by atoms with Crippen LogP contribution in [0, 0.1) is 0 Å². The molecule has 0 radical (unpaired) electrons. The van der Waals surface area contributed by atoms with Crippen molar-refractivity contribution in [3.63, 3.8) is 0 Å². The van der Waals surface area contributed by atoms with Crippen LogP contribution in [0.25, 0.3) is 0 Å². The van der Waals surface area contributed by atoms with Gasteiger partial charge in [-0.1, -0.05) is 54.2 Å². The number of benzene rings is 2. The molecule has 0 bridgehead atoms. The van der Waals surface area contributed by atoms with E-state index in [1.165, 1.54) is 17.3 Å². The van der Waals surface area contributed by atoms with Crippen molar-refractivity contribution < 1.29 is 0 Å². The highest BCUT2D eigenvalue weighted by Crippen LogP contribution is 2.15. The van der Waals surface area contributed by atoms with Gasteiger partial charge in [-0.25, -0.2) is 0 Å². The topological polar surface area (TPSA) is 54.0 Å². The summed E-state index contributed by atoms with van der Waals surface area (Å²) in [6, 6.07) is 18.3. The lowest BCUT2D eigenvalue weighted by atomic mass is 10.2. The molecule has 0 atom stereocenters. The van der Waals surface area contributed by atoms with Crippen LogP contribution >= 0.6 is 23.4 Å². The maximum atomic E-state index is 5.88. The third kappa shape index (κ3) is 6.80. The van der Waals surface area contributed by atoms with E-state index < -0.39 is 0 Å². The van der Waals surface area contributed by atoms with Crippen molar-refractivity contribution in [3.8, 4) is 0 Å². The second kappa shape index (κ2) is 10.8. The van der Waals surface area contributed by atoms with Crippen molar-refractivity contribution in [2.75, 3.05) is 23.9 Å². The highest BCUT2D eigenvalue weighted by molar-refractivity contribution is 8.13. The first-order valence-corrected chi connectivity index (χ1v) is 9.69. The fourth-order valence-electron chi connectivity index (χ4n) is 2.26. The Morgan fingerprint density at radius 3 is 2.52 bits per heavy atom. The molecule has 0 fully saturated rings. The summed E-state index contributed by atoms with van der Waals surface area (Å²) in [5.41, 5.74) is 9.23. The summed E-state index contributed by atoms with van der Waals surface area (Å²) in [5.74, 6) is 1.40. The van der Waals surface area contributed by atoms with E-state index in [1.807, 2.05) is 30.3 Å². The summed E-state index contributed by atoms with van der Waals surface area (Å²) in [6.07, 6.45) is 1.71. The molecule has 0 aliphatic carbocycles. The minimum absolute atomic E-state index is 0.455. The van der Waals surface area contributed by atoms with Crippen molar-refractivity contribution in [2.24, 2.45) is 15.9 Å². The van der Waals surface area contributed by atoms with Crippen LogP contribution in [-0.2, 0) is 5.75 Å². The maximum Gasteiger partial charge on any atom is 0.180 e. The molecular formula is C19H23ClN4S. The standard InChI is InChI=1S/C19H23ClN4S/c1-2-24(13-12-20)18-10-8-16(9-11-18)14-22-23-19(21)25-15-17-6-4-3-5-7-17/h3-11,14H,2,12-13,15H2,1H3,(H2,21,23). The monoisotopic (exact) mass is 374 g/mol. The van der Waals surface area contributed by atoms with E-state index >= 15 is 0 Å². The van der Waals surface area contributed by atoms with E-state index in [4.69, 9.17) is 17.3 Å². The first kappa shape index (κ1) is 19.3. The third-order valence-corrected chi connectivity index (χ3v) is 4.61. The lowest BCUT2D eigenvalue weighted by Gasteiger charge is -2.21. The summed E-state index contributed by atoms with van der Waals surface area (Å²) in [7, 11) is 0. The van der Waals surface area contributed by atoms with Crippen LogP contribution in [0.5, 0.6) is 0 Å². The number of nitrogens with two attached hydrogens (primary N) is 1. The van der Waals surface area contributed by atoms with Crippen molar-refractivity contribution in [1.29, 1.82) is 0 Å². The van der Waals surface area contributed by atoms with Crippen LogP contribution < -0.4 is 10.6 Å². The van der Waals surface area contributed by atoms with Crippen molar-refractivity contribution in [1.82, 2.24) is 0 Å². The van der Waals surface area contributed by atoms with E-state index in [2.05, 4.69) is 46.3 Å². The van der Waals surface area contributed by atoms with Crippen molar-refractivity contribution in [2.45, 2.75) is 12.7 Å². The molecule has 2 aromatic rings. The van der Waals surface area contributed by atoms with Crippen LogP contribution in [0.2, 0.25) is 0 Å². The van der Waals surface area contributed by atoms with Crippen LogP contribution in [0.4, 0.5) is 5.69 Å². The Morgan fingerprint density at radius 1 is 1.16 bits per heavy atom. The Balaban J connectivity index is 1.88. The molecule has 0 spiro atoms. The Hall–Kier alpha value is -1.98. The molecule has 0 aliphatic heterocycles. The number of rotatable bonds is 8. The molecular weight excluding hydrogens is 352 g/mol. The van der Waals surface area contributed by atoms with Gasteiger partial charge in [0.1, 0.15) is 0 Å². The minimum Gasteiger partial charge on any atom is -0.377 e. The Morgan fingerprint density at radius 2 is 1.88 bits per heavy atom. The Bertz CT molecular complexity index is 686. The van der Waals surface area contributed by atoms with E-state index in [-0.39, 0.29) is 0 Å². The van der Waals surface area contributed by atoms with Gasteiger partial charge in [0.25, 0.3) is 0 Å². The number of alkyl halides is 1.